The van der Waals surface area contributed by atoms with Gasteiger partial charge in [0.1, 0.15) is 0 Å². The molecule has 0 spiro atoms. The van der Waals surface area contributed by atoms with E-state index in [4.69, 9.17) is 28.6 Å². The predicted octanol–water partition coefficient (Wildman–Crippen LogP) is 2.36. The average molecular weight is 354 g/mol. The Morgan fingerprint density at radius 2 is 2.22 bits per heavy atom. The molecule has 8 heteroatoms. The van der Waals surface area contributed by atoms with Crippen molar-refractivity contribution in [1.29, 1.82) is 0 Å². The molecule has 2 heterocycles. The van der Waals surface area contributed by atoms with Crippen molar-refractivity contribution in [3.63, 3.8) is 0 Å². The summed E-state index contributed by atoms with van der Waals surface area (Å²) in [4.78, 5) is 19.7. The Morgan fingerprint density at radius 3 is 2.96 bits per heavy atom. The first-order chi connectivity index (χ1) is 11.0. The van der Waals surface area contributed by atoms with Crippen LogP contribution in [0.5, 0.6) is 11.5 Å². The number of halogens is 1. The third kappa shape index (κ3) is 3.26. The first-order valence-corrected chi connectivity index (χ1v) is 7.88. The number of H-pyrrole nitrogens is 2. The normalized spacial score (nSPS) is 14.5. The van der Waals surface area contributed by atoms with Crippen LogP contribution in [0.2, 0.25) is 5.02 Å². The van der Waals surface area contributed by atoms with Crippen LogP contribution in [-0.4, -0.2) is 33.6 Å². The monoisotopic (exact) mass is 353 g/mol. The summed E-state index contributed by atoms with van der Waals surface area (Å²) in [5, 5.41) is 10.1. The molecule has 0 aliphatic carbocycles. The Bertz CT molecular complexity index is 862. The highest BCUT2D eigenvalue weighted by molar-refractivity contribution is 7.71. The summed E-state index contributed by atoms with van der Waals surface area (Å²) < 4.78 is 5.46. The molecule has 0 saturated carbocycles. The number of methoxy groups -OCH3 is 1. The van der Waals surface area contributed by atoms with Crippen LogP contribution < -0.4 is 10.3 Å². The number of hydrogen-bond acceptors (Lipinski definition) is 5. The highest BCUT2D eigenvalue weighted by atomic mass is 35.5. The van der Waals surface area contributed by atoms with E-state index in [-0.39, 0.29) is 16.3 Å². The van der Waals surface area contributed by atoms with Crippen LogP contribution in [0.25, 0.3) is 0 Å². The molecule has 0 atom stereocenters. The number of nitrogens with one attached hydrogen (secondary N) is 2. The molecular formula is C15H16ClN3O3S. The van der Waals surface area contributed by atoms with E-state index in [1.54, 1.807) is 12.1 Å². The number of hydrogen-bond donors (Lipinski definition) is 3. The molecule has 23 heavy (non-hydrogen) atoms. The van der Waals surface area contributed by atoms with Gasteiger partial charge in [0.2, 0.25) is 0 Å². The van der Waals surface area contributed by atoms with E-state index >= 15 is 0 Å². The van der Waals surface area contributed by atoms with E-state index in [2.05, 4.69) is 14.9 Å². The van der Waals surface area contributed by atoms with Crippen LogP contribution in [0.15, 0.2) is 16.9 Å². The Kier molecular flexibility index (Phi) is 4.43. The number of aromatic hydroxyl groups is 1. The lowest BCUT2D eigenvalue weighted by molar-refractivity contribution is 0.240. The molecule has 1 aliphatic rings. The summed E-state index contributed by atoms with van der Waals surface area (Å²) in [6.45, 7) is 1.98. The van der Waals surface area contributed by atoms with Gasteiger partial charge < -0.3 is 14.8 Å². The number of aromatic nitrogens is 2. The van der Waals surface area contributed by atoms with Crippen molar-refractivity contribution < 1.29 is 9.84 Å². The van der Waals surface area contributed by atoms with Gasteiger partial charge in [0.05, 0.1) is 12.1 Å². The first kappa shape index (κ1) is 16.0. The lowest BCUT2D eigenvalue weighted by atomic mass is 10.1. The number of fused-ring (bicyclic) bond motifs is 1. The van der Waals surface area contributed by atoms with Crippen molar-refractivity contribution in [2.24, 2.45) is 0 Å². The van der Waals surface area contributed by atoms with Crippen LogP contribution in [-0.2, 0) is 19.5 Å². The van der Waals surface area contributed by atoms with Crippen molar-refractivity contribution in [2.45, 2.75) is 19.5 Å². The maximum absolute atomic E-state index is 11.9. The van der Waals surface area contributed by atoms with Gasteiger partial charge in [0, 0.05) is 30.9 Å². The minimum atomic E-state index is -0.113. The minimum Gasteiger partial charge on any atom is -0.503 e. The second kappa shape index (κ2) is 6.35. The molecule has 0 radical (unpaired) electrons. The Hall–Kier alpha value is -1.83. The fourth-order valence-corrected chi connectivity index (χ4v) is 3.25. The first-order valence-electron chi connectivity index (χ1n) is 7.10. The smallest absolute Gasteiger partial charge is 0.255 e. The molecule has 0 bridgehead atoms. The fraction of sp³-hybridized carbons (Fsp3) is 0.333. The van der Waals surface area contributed by atoms with E-state index in [0.717, 1.165) is 23.4 Å². The molecule has 0 unspecified atom stereocenters. The number of phenols is 1. The summed E-state index contributed by atoms with van der Waals surface area (Å²) in [5.74, 6) is 0.290. The van der Waals surface area contributed by atoms with Gasteiger partial charge in [-0.15, -0.1) is 0 Å². The van der Waals surface area contributed by atoms with Crippen molar-refractivity contribution in [1.82, 2.24) is 14.9 Å². The predicted molar refractivity (Wildman–Crippen MR) is 89.7 cm³/mol. The molecule has 0 fully saturated rings. The van der Waals surface area contributed by atoms with Crippen molar-refractivity contribution in [3.05, 3.63) is 49.1 Å². The van der Waals surface area contributed by atoms with Crippen molar-refractivity contribution >= 4 is 23.8 Å². The molecular weight excluding hydrogens is 338 g/mol. The molecule has 1 aromatic heterocycles. The van der Waals surface area contributed by atoms with Gasteiger partial charge >= 0.3 is 0 Å². The number of phenolic OH excluding ortho intramolecular Hbond substituents is 1. The third-order valence-corrected chi connectivity index (χ3v) is 4.40. The largest absolute Gasteiger partial charge is 0.503 e. The number of ether oxygens (including phenoxy) is 1. The van der Waals surface area contributed by atoms with Gasteiger partial charge in [-0.25, -0.2) is 0 Å². The number of nitrogens with zero attached hydrogens (tertiary/aromatic N) is 1. The van der Waals surface area contributed by atoms with E-state index < -0.39 is 0 Å². The van der Waals surface area contributed by atoms with Crippen LogP contribution in [0.4, 0.5) is 0 Å². The van der Waals surface area contributed by atoms with Crippen LogP contribution in [0, 0.1) is 4.77 Å². The lowest BCUT2D eigenvalue weighted by Gasteiger charge is -2.28. The standard InChI is InChI=1S/C15H16ClN3O3S/c1-22-12-5-8(4-10(16)13(12)20)6-19-3-2-9-11(7-19)17-15(23)18-14(9)21/h4-5,20H,2-3,6-7H2,1H3,(H2,17,18,21,23). The molecule has 0 amide bonds. The average Bonchev–Trinajstić information content (AvgIpc) is 2.50. The number of benzene rings is 1. The molecule has 122 valence electrons. The van der Waals surface area contributed by atoms with Gasteiger partial charge in [-0.05, 0) is 36.3 Å². The van der Waals surface area contributed by atoms with Crippen LogP contribution in [0.3, 0.4) is 0 Å². The Morgan fingerprint density at radius 1 is 1.43 bits per heavy atom. The van der Waals surface area contributed by atoms with Gasteiger partial charge in [0.15, 0.2) is 16.3 Å². The summed E-state index contributed by atoms with van der Waals surface area (Å²) in [6.07, 6.45) is 0.653. The maximum atomic E-state index is 11.9. The highest BCUT2D eigenvalue weighted by Gasteiger charge is 2.20. The molecule has 1 aliphatic heterocycles. The summed E-state index contributed by atoms with van der Waals surface area (Å²) in [6, 6.07) is 3.48. The second-order valence-electron chi connectivity index (χ2n) is 5.45. The molecule has 3 rings (SSSR count). The maximum Gasteiger partial charge on any atom is 0.255 e. The van der Waals surface area contributed by atoms with Crippen LogP contribution in [0.1, 0.15) is 16.8 Å². The number of rotatable bonds is 3. The van der Waals surface area contributed by atoms with E-state index in [1.165, 1.54) is 7.11 Å². The number of aromatic amines is 2. The lowest BCUT2D eigenvalue weighted by Crippen LogP contribution is -2.34. The van der Waals surface area contributed by atoms with Crippen LogP contribution >= 0.6 is 23.8 Å². The summed E-state index contributed by atoms with van der Waals surface area (Å²) >= 11 is 11.1. The second-order valence-corrected chi connectivity index (χ2v) is 6.27. The molecule has 3 N–H and O–H groups in total. The van der Waals surface area contributed by atoms with Crippen molar-refractivity contribution in [3.8, 4) is 11.5 Å². The van der Waals surface area contributed by atoms with Gasteiger partial charge in [-0.3, -0.25) is 14.7 Å². The Balaban J connectivity index is 1.84. The Labute approximate surface area is 142 Å². The molecule has 2 aromatic rings. The molecule has 0 saturated heterocycles. The quantitative estimate of drug-likeness (QED) is 0.738. The van der Waals surface area contributed by atoms with Gasteiger partial charge in [0.25, 0.3) is 5.56 Å². The zero-order valence-corrected chi connectivity index (χ0v) is 14.1. The SMILES string of the molecule is COc1cc(CN2CCc3c([nH]c(=S)[nH]c3=O)C2)cc(Cl)c1O. The van der Waals surface area contributed by atoms with E-state index in [1.807, 2.05) is 0 Å². The molecule has 6 nitrogen and oxygen atoms in total. The van der Waals surface area contributed by atoms with Gasteiger partial charge in [-0.1, -0.05) is 11.6 Å². The summed E-state index contributed by atoms with van der Waals surface area (Å²) in [5.41, 5.74) is 2.42. The summed E-state index contributed by atoms with van der Waals surface area (Å²) in [7, 11) is 1.48. The van der Waals surface area contributed by atoms with Crippen molar-refractivity contribution in [2.75, 3.05) is 13.7 Å². The fourth-order valence-electron chi connectivity index (χ4n) is 2.80. The van der Waals surface area contributed by atoms with Gasteiger partial charge in [-0.2, -0.15) is 0 Å². The van der Waals surface area contributed by atoms with E-state index in [0.29, 0.717) is 30.0 Å². The third-order valence-electron chi connectivity index (χ3n) is 3.90. The topological polar surface area (TPSA) is 81.3 Å². The zero-order chi connectivity index (χ0) is 16.6. The highest BCUT2D eigenvalue weighted by Crippen LogP contribution is 2.35. The molecule has 1 aromatic carbocycles. The minimum absolute atomic E-state index is 0.0578. The van der Waals surface area contributed by atoms with E-state index in [9.17, 15) is 9.90 Å². The zero-order valence-electron chi connectivity index (χ0n) is 12.5.